The molecule has 94 valence electrons. The molecule has 2 fully saturated rings. The molecule has 2 unspecified atom stereocenters. The van der Waals surface area contributed by atoms with Crippen molar-refractivity contribution in [3.8, 4) is 5.75 Å². The van der Waals surface area contributed by atoms with Gasteiger partial charge in [-0.1, -0.05) is 11.6 Å². The number of pyridine rings is 1. The molecule has 1 aromatic heterocycles. The average molecular weight is 263 g/mol. The second kappa shape index (κ2) is 3.89. The number of halogens is 1. The third-order valence-electron chi connectivity index (χ3n) is 4.24. The molecule has 4 aliphatic rings. The van der Waals surface area contributed by atoms with Crippen LogP contribution in [-0.2, 0) is 0 Å². The van der Waals surface area contributed by atoms with Crippen LogP contribution in [0.25, 0.3) is 0 Å². The largest absolute Gasteiger partial charge is 0.482 e. The van der Waals surface area contributed by atoms with Crippen molar-refractivity contribution in [2.75, 3.05) is 13.1 Å². The van der Waals surface area contributed by atoms with E-state index in [-0.39, 0.29) is 6.10 Å². The maximum absolute atomic E-state index is 6.13. The van der Waals surface area contributed by atoms with Gasteiger partial charge in [0.25, 0.3) is 0 Å². The fourth-order valence-corrected chi connectivity index (χ4v) is 3.80. The highest BCUT2D eigenvalue weighted by Crippen LogP contribution is 2.44. The van der Waals surface area contributed by atoms with E-state index in [4.69, 9.17) is 16.3 Å². The van der Waals surface area contributed by atoms with Gasteiger partial charge in [-0.3, -0.25) is 0 Å². The van der Waals surface area contributed by atoms with Gasteiger partial charge in [-0.2, -0.15) is 0 Å². The van der Waals surface area contributed by atoms with Crippen LogP contribution in [0.5, 0.6) is 5.75 Å². The highest BCUT2D eigenvalue weighted by Gasteiger charge is 2.44. The molecule has 4 heterocycles. The predicted octanol–water partition coefficient (Wildman–Crippen LogP) is 2.72. The molecule has 0 aromatic carbocycles. The number of piperidine rings is 1. The Labute approximate surface area is 111 Å². The zero-order valence-electron chi connectivity index (χ0n) is 10.1. The van der Waals surface area contributed by atoms with Crippen molar-refractivity contribution in [1.82, 2.24) is 9.88 Å². The molecule has 3 nitrogen and oxygen atoms in total. The Hall–Kier alpha value is -1.22. The van der Waals surface area contributed by atoms with Crippen LogP contribution in [0.15, 0.2) is 30.1 Å². The smallest absolute Gasteiger partial charge is 0.171 e. The molecule has 1 aromatic rings. The molecule has 0 radical (unpaired) electrons. The summed E-state index contributed by atoms with van der Waals surface area (Å²) in [6, 6.07) is 3.77. The van der Waals surface area contributed by atoms with E-state index in [9.17, 15) is 0 Å². The Morgan fingerprint density at radius 2 is 2.33 bits per heavy atom. The van der Waals surface area contributed by atoms with E-state index >= 15 is 0 Å². The molecule has 4 bridgehead atoms. The molecule has 1 saturated carbocycles. The molecule has 3 aliphatic heterocycles. The third-order valence-corrected chi connectivity index (χ3v) is 4.53. The molecule has 3 atom stereocenters. The molecule has 5 rings (SSSR count). The second-order valence-electron chi connectivity index (χ2n) is 5.55. The minimum absolute atomic E-state index is 0.208. The van der Waals surface area contributed by atoms with Crippen LogP contribution in [0.3, 0.4) is 0 Å². The average Bonchev–Trinajstić information content (AvgIpc) is 2.35. The number of hydrogen-bond acceptors (Lipinski definition) is 3. The summed E-state index contributed by atoms with van der Waals surface area (Å²) in [5.41, 5.74) is 1.44. The molecular weight excluding hydrogens is 248 g/mol. The number of hydrogen-bond donors (Lipinski definition) is 0. The van der Waals surface area contributed by atoms with Crippen molar-refractivity contribution < 1.29 is 4.74 Å². The zero-order chi connectivity index (χ0) is 12.1. The fraction of sp³-hybridized carbons (Fsp3) is 0.500. The van der Waals surface area contributed by atoms with Crippen molar-refractivity contribution in [2.24, 2.45) is 11.8 Å². The van der Waals surface area contributed by atoms with Crippen LogP contribution < -0.4 is 4.74 Å². The zero-order valence-corrected chi connectivity index (χ0v) is 10.8. The van der Waals surface area contributed by atoms with Crippen LogP contribution in [0.2, 0.25) is 5.15 Å². The number of rotatable bonds is 2. The van der Waals surface area contributed by atoms with Gasteiger partial charge in [0.2, 0.25) is 0 Å². The van der Waals surface area contributed by atoms with Crippen LogP contribution in [0.4, 0.5) is 0 Å². The highest BCUT2D eigenvalue weighted by atomic mass is 35.5. The summed E-state index contributed by atoms with van der Waals surface area (Å²) in [6.45, 7) is 2.36. The Morgan fingerprint density at radius 3 is 3.11 bits per heavy atom. The van der Waals surface area contributed by atoms with Gasteiger partial charge < -0.3 is 9.64 Å². The van der Waals surface area contributed by atoms with Gasteiger partial charge in [-0.25, -0.2) is 4.98 Å². The van der Waals surface area contributed by atoms with E-state index in [2.05, 4.69) is 16.1 Å². The van der Waals surface area contributed by atoms with Gasteiger partial charge in [-0.05, 0) is 36.5 Å². The maximum Gasteiger partial charge on any atom is 0.171 e. The van der Waals surface area contributed by atoms with Gasteiger partial charge in [-0.15, -0.1) is 0 Å². The van der Waals surface area contributed by atoms with E-state index in [1.54, 1.807) is 6.20 Å². The standard InChI is InChI=1S/C14H15ClN2O/c15-14-12(2-1-3-16-14)18-13-10-4-9-5-11(13)8-17(6-9)7-10/h1-3,7,9,11,13H,4-6,8H2/t9?,11?,13-/m1/s1. The SMILES string of the molecule is Clc1ncccc1O[C@@H]1C2=CN3CC(C2)CC1C3. The molecule has 4 heteroatoms. The normalized spacial score (nSPS) is 32.6. The van der Waals surface area contributed by atoms with Gasteiger partial charge in [0.15, 0.2) is 10.9 Å². The second-order valence-corrected chi connectivity index (χ2v) is 5.91. The quantitative estimate of drug-likeness (QED) is 0.767. The molecule has 0 amide bonds. The Balaban J connectivity index is 1.63. The minimum Gasteiger partial charge on any atom is -0.482 e. The molecule has 18 heavy (non-hydrogen) atoms. The van der Waals surface area contributed by atoms with Crippen LogP contribution in [-0.4, -0.2) is 29.1 Å². The summed E-state index contributed by atoms with van der Waals surface area (Å²) in [6.07, 6.45) is 6.67. The first-order valence-corrected chi connectivity index (χ1v) is 6.89. The van der Waals surface area contributed by atoms with Gasteiger partial charge in [0.1, 0.15) is 6.10 Å². The van der Waals surface area contributed by atoms with Crippen molar-refractivity contribution in [1.29, 1.82) is 0 Å². The summed E-state index contributed by atoms with van der Waals surface area (Å²) < 4.78 is 6.13. The molecule has 1 saturated heterocycles. The maximum atomic E-state index is 6.13. The summed E-state index contributed by atoms with van der Waals surface area (Å²) in [7, 11) is 0. The number of aromatic nitrogens is 1. The lowest BCUT2D eigenvalue weighted by atomic mass is 9.71. The topological polar surface area (TPSA) is 25.4 Å². The lowest BCUT2D eigenvalue weighted by Gasteiger charge is -2.50. The van der Waals surface area contributed by atoms with Crippen LogP contribution in [0, 0.1) is 11.8 Å². The van der Waals surface area contributed by atoms with Crippen LogP contribution in [0.1, 0.15) is 12.8 Å². The molecule has 0 spiro atoms. The Morgan fingerprint density at radius 1 is 1.39 bits per heavy atom. The molecule has 0 N–H and O–H groups in total. The first kappa shape index (κ1) is 10.7. The summed E-state index contributed by atoms with van der Waals surface area (Å²) in [5, 5.41) is 0.465. The van der Waals surface area contributed by atoms with Gasteiger partial charge in [0.05, 0.1) is 0 Å². The van der Waals surface area contributed by atoms with E-state index < -0.39 is 0 Å². The molecular formula is C14H15ClN2O. The fourth-order valence-electron chi connectivity index (χ4n) is 3.64. The first-order valence-electron chi connectivity index (χ1n) is 6.51. The summed E-state index contributed by atoms with van der Waals surface area (Å²) in [4.78, 5) is 6.52. The molecule has 1 aliphatic carbocycles. The summed E-state index contributed by atoms with van der Waals surface area (Å²) >= 11 is 6.07. The third kappa shape index (κ3) is 1.61. The Bertz CT molecular complexity index is 516. The van der Waals surface area contributed by atoms with Crippen molar-refractivity contribution in [2.45, 2.75) is 18.9 Å². The minimum atomic E-state index is 0.208. The monoisotopic (exact) mass is 262 g/mol. The van der Waals surface area contributed by atoms with E-state index in [1.165, 1.54) is 25.0 Å². The van der Waals surface area contributed by atoms with E-state index in [0.29, 0.717) is 16.8 Å². The number of ether oxygens (including phenoxy) is 1. The highest BCUT2D eigenvalue weighted by molar-refractivity contribution is 6.30. The lowest BCUT2D eigenvalue weighted by Crippen LogP contribution is -2.53. The van der Waals surface area contributed by atoms with Gasteiger partial charge >= 0.3 is 0 Å². The predicted molar refractivity (Wildman–Crippen MR) is 69.5 cm³/mol. The van der Waals surface area contributed by atoms with E-state index in [1.807, 2.05) is 12.1 Å². The van der Waals surface area contributed by atoms with Gasteiger partial charge in [0, 0.05) is 31.4 Å². The summed E-state index contributed by atoms with van der Waals surface area (Å²) in [5.74, 6) is 2.18. The van der Waals surface area contributed by atoms with Crippen molar-refractivity contribution >= 4 is 11.6 Å². The Kier molecular flexibility index (Phi) is 2.31. The number of nitrogens with zero attached hydrogens (tertiary/aromatic N) is 2. The van der Waals surface area contributed by atoms with Crippen LogP contribution >= 0.6 is 11.6 Å². The van der Waals surface area contributed by atoms with Crippen molar-refractivity contribution in [3.63, 3.8) is 0 Å². The lowest BCUT2D eigenvalue weighted by molar-refractivity contribution is 0.0276. The van der Waals surface area contributed by atoms with E-state index in [0.717, 1.165) is 12.5 Å². The first-order chi connectivity index (χ1) is 8.79. The van der Waals surface area contributed by atoms with Crippen molar-refractivity contribution in [3.05, 3.63) is 35.3 Å².